The van der Waals surface area contributed by atoms with Crippen molar-refractivity contribution >= 4 is 16.9 Å². The average molecular weight is 184 g/mol. The Morgan fingerprint density at radius 3 is 2.58 bits per heavy atom. The van der Waals surface area contributed by atoms with E-state index in [1.807, 2.05) is 30.3 Å². The standard InChI is InChI=1S/C9H9FOS/c10-7-12-9(11)6-8-4-2-1-3-5-8/h1-5H,6-7H2. The van der Waals surface area contributed by atoms with Crippen molar-refractivity contribution in [2.75, 3.05) is 6.01 Å². The van der Waals surface area contributed by atoms with Gasteiger partial charge in [0.2, 0.25) is 0 Å². The summed E-state index contributed by atoms with van der Waals surface area (Å²) in [6.07, 6.45) is 0.315. The van der Waals surface area contributed by atoms with Gasteiger partial charge >= 0.3 is 0 Å². The Labute approximate surface area is 75.0 Å². The van der Waals surface area contributed by atoms with Crippen LogP contribution in [-0.4, -0.2) is 11.1 Å². The van der Waals surface area contributed by atoms with E-state index in [2.05, 4.69) is 0 Å². The van der Waals surface area contributed by atoms with E-state index in [4.69, 9.17) is 0 Å². The lowest BCUT2D eigenvalue weighted by Gasteiger charge is -1.96. The predicted octanol–water partition coefficient (Wildman–Crippen LogP) is 2.42. The molecule has 0 N–H and O–H groups in total. The molecule has 1 rings (SSSR count). The molecule has 0 aliphatic carbocycles. The van der Waals surface area contributed by atoms with E-state index in [0.29, 0.717) is 6.42 Å². The lowest BCUT2D eigenvalue weighted by Crippen LogP contribution is -1.96. The third kappa shape index (κ3) is 3.05. The zero-order chi connectivity index (χ0) is 8.81. The van der Waals surface area contributed by atoms with Gasteiger partial charge in [0.05, 0.1) is 0 Å². The molecule has 0 bridgehead atoms. The third-order valence-electron chi connectivity index (χ3n) is 1.41. The molecule has 0 heterocycles. The maximum absolute atomic E-state index is 11.7. The van der Waals surface area contributed by atoms with E-state index in [-0.39, 0.29) is 5.12 Å². The molecule has 0 spiro atoms. The van der Waals surface area contributed by atoms with Crippen molar-refractivity contribution < 1.29 is 9.18 Å². The molecule has 0 radical (unpaired) electrons. The smallest absolute Gasteiger partial charge is 0.195 e. The minimum Gasteiger partial charge on any atom is -0.287 e. The van der Waals surface area contributed by atoms with Crippen molar-refractivity contribution in [2.45, 2.75) is 6.42 Å². The summed E-state index contributed by atoms with van der Waals surface area (Å²) in [7, 11) is 0. The van der Waals surface area contributed by atoms with Crippen LogP contribution in [0, 0.1) is 0 Å². The molecule has 1 nitrogen and oxygen atoms in total. The second kappa shape index (κ2) is 4.93. The fourth-order valence-electron chi connectivity index (χ4n) is 0.874. The van der Waals surface area contributed by atoms with Crippen molar-refractivity contribution in [3.05, 3.63) is 35.9 Å². The predicted molar refractivity (Wildman–Crippen MR) is 48.7 cm³/mol. The van der Waals surface area contributed by atoms with Gasteiger partial charge in [-0.15, -0.1) is 0 Å². The fourth-order valence-corrected chi connectivity index (χ4v) is 1.26. The van der Waals surface area contributed by atoms with Gasteiger partial charge in [0, 0.05) is 6.42 Å². The van der Waals surface area contributed by atoms with Gasteiger partial charge in [0.15, 0.2) is 5.12 Å². The summed E-state index contributed by atoms with van der Waals surface area (Å²) in [5.41, 5.74) is 0.934. The highest BCUT2D eigenvalue weighted by molar-refractivity contribution is 8.13. The molecule has 0 aliphatic heterocycles. The van der Waals surface area contributed by atoms with Crippen LogP contribution in [0.3, 0.4) is 0 Å². The number of halogens is 1. The molecule has 64 valence electrons. The number of carbonyl (C=O) groups is 1. The number of rotatable bonds is 3. The van der Waals surface area contributed by atoms with Crippen LogP contribution in [0.5, 0.6) is 0 Å². The number of hydrogen-bond donors (Lipinski definition) is 0. The van der Waals surface area contributed by atoms with Crippen LogP contribution in [0.1, 0.15) is 5.56 Å². The molecule has 0 unspecified atom stereocenters. The van der Waals surface area contributed by atoms with Crippen LogP contribution in [0.2, 0.25) is 0 Å². The molecular formula is C9H9FOS. The number of carbonyl (C=O) groups excluding carboxylic acids is 1. The zero-order valence-electron chi connectivity index (χ0n) is 6.50. The van der Waals surface area contributed by atoms with Gasteiger partial charge in [-0.2, -0.15) is 0 Å². The number of thioether (sulfide) groups is 1. The van der Waals surface area contributed by atoms with E-state index in [1.54, 1.807) is 0 Å². The van der Waals surface area contributed by atoms with E-state index in [9.17, 15) is 9.18 Å². The minimum atomic E-state index is -0.633. The monoisotopic (exact) mass is 184 g/mol. The average Bonchev–Trinajstić information content (AvgIpc) is 2.06. The molecule has 12 heavy (non-hydrogen) atoms. The van der Waals surface area contributed by atoms with Crippen molar-refractivity contribution in [1.29, 1.82) is 0 Å². The Kier molecular flexibility index (Phi) is 3.80. The highest BCUT2D eigenvalue weighted by Gasteiger charge is 2.02. The molecule has 1 aromatic carbocycles. The van der Waals surface area contributed by atoms with Crippen LogP contribution in [-0.2, 0) is 11.2 Å². The molecule has 0 atom stereocenters. The summed E-state index contributed by atoms with van der Waals surface area (Å²) in [6, 6.07) is 8.70. The topological polar surface area (TPSA) is 17.1 Å². The maximum atomic E-state index is 11.7. The summed E-state index contributed by atoms with van der Waals surface area (Å²) in [5.74, 6) is 0. The third-order valence-corrected chi connectivity index (χ3v) is 1.98. The van der Waals surface area contributed by atoms with Gasteiger partial charge in [-0.05, 0) is 5.56 Å². The quantitative estimate of drug-likeness (QED) is 0.717. The highest BCUT2D eigenvalue weighted by atomic mass is 32.2. The van der Waals surface area contributed by atoms with E-state index >= 15 is 0 Å². The molecule has 0 aromatic heterocycles. The normalized spacial score (nSPS) is 9.75. The van der Waals surface area contributed by atoms with Crippen molar-refractivity contribution in [3.63, 3.8) is 0 Å². The van der Waals surface area contributed by atoms with Crippen molar-refractivity contribution in [1.82, 2.24) is 0 Å². The Hall–Kier alpha value is -0.830. The van der Waals surface area contributed by atoms with Crippen LogP contribution in [0.4, 0.5) is 4.39 Å². The SMILES string of the molecule is O=C(Cc1ccccc1)SCF. The largest absolute Gasteiger partial charge is 0.287 e. The van der Waals surface area contributed by atoms with Crippen LogP contribution >= 0.6 is 11.8 Å². The molecule has 0 amide bonds. The van der Waals surface area contributed by atoms with Gasteiger partial charge in [-0.25, -0.2) is 4.39 Å². The first kappa shape index (κ1) is 9.26. The van der Waals surface area contributed by atoms with Crippen LogP contribution in [0.25, 0.3) is 0 Å². The van der Waals surface area contributed by atoms with Gasteiger partial charge in [0.25, 0.3) is 0 Å². The first-order valence-electron chi connectivity index (χ1n) is 3.58. The van der Waals surface area contributed by atoms with Crippen LogP contribution in [0.15, 0.2) is 30.3 Å². The Balaban J connectivity index is 2.47. The van der Waals surface area contributed by atoms with E-state index < -0.39 is 6.01 Å². The molecule has 1 aromatic rings. The second-order valence-electron chi connectivity index (χ2n) is 2.29. The fraction of sp³-hybridized carbons (Fsp3) is 0.222. The molecule has 0 saturated carbocycles. The lowest BCUT2D eigenvalue weighted by molar-refractivity contribution is -0.110. The summed E-state index contributed by atoms with van der Waals surface area (Å²) < 4.78 is 11.7. The van der Waals surface area contributed by atoms with Gasteiger partial charge in [0.1, 0.15) is 6.01 Å². The summed E-state index contributed by atoms with van der Waals surface area (Å²) >= 11 is 0.721. The molecule has 0 aliphatic rings. The highest BCUT2D eigenvalue weighted by Crippen LogP contribution is 2.08. The molecular weight excluding hydrogens is 175 g/mol. The molecule has 0 saturated heterocycles. The van der Waals surface area contributed by atoms with E-state index in [1.165, 1.54) is 0 Å². The van der Waals surface area contributed by atoms with Crippen molar-refractivity contribution in [2.24, 2.45) is 0 Å². The second-order valence-corrected chi connectivity index (χ2v) is 3.25. The van der Waals surface area contributed by atoms with Gasteiger partial charge in [-0.1, -0.05) is 42.1 Å². The number of alkyl halides is 1. The number of benzene rings is 1. The zero-order valence-corrected chi connectivity index (χ0v) is 7.31. The summed E-state index contributed by atoms with van der Waals surface area (Å²) in [5, 5.41) is -0.122. The summed E-state index contributed by atoms with van der Waals surface area (Å²) in [6.45, 7) is 0. The van der Waals surface area contributed by atoms with Crippen molar-refractivity contribution in [3.8, 4) is 0 Å². The Bertz CT molecular complexity index is 248. The Morgan fingerprint density at radius 1 is 1.33 bits per heavy atom. The first-order valence-corrected chi connectivity index (χ1v) is 4.57. The van der Waals surface area contributed by atoms with E-state index in [0.717, 1.165) is 17.3 Å². The number of hydrogen-bond acceptors (Lipinski definition) is 2. The lowest BCUT2D eigenvalue weighted by atomic mass is 10.2. The summed E-state index contributed by atoms with van der Waals surface area (Å²) in [4.78, 5) is 10.9. The molecule has 0 fully saturated rings. The first-order chi connectivity index (χ1) is 5.83. The van der Waals surface area contributed by atoms with Gasteiger partial charge < -0.3 is 0 Å². The Morgan fingerprint density at radius 2 is 2.00 bits per heavy atom. The van der Waals surface area contributed by atoms with Crippen LogP contribution < -0.4 is 0 Å². The molecule has 3 heteroatoms. The van der Waals surface area contributed by atoms with Gasteiger partial charge in [-0.3, -0.25) is 4.79 Å². The minimum absolute atomic E-state index is 0.122. The maximum Gasteiger partial charge on any atom is 0.195 e.